The lowest BCUT2D eigenvalue weighted by molar-refractivity contribution is 0.0117. The number of benzene rings is 4. The van der Waals surface area contributed by atoms with Crippen molar-refractivity contribution in [1.82, 2.24) is 4.73 Å². The van der Waals surface area contributed by atoms with Gasteiger partial charge in [0.1, 0.15) is 12.2 Å². The second-order valence-corrected chi connectivity index (χ2v) is 9.16. The molecule has 0 amide bonds. The number of nitrogens with two attached hydrogens (primary N) is 1. The van der Waals surface area contributed by atoms with Gasteiger partial charge in [-0.2, -0.15) is 4.73 Å². The minimum absolute atomic E-state index is 0.139. The Morgan fingerprint density at radius 3 is 1.46 bits per heavy atom. The number of hydrogen-bond acceptors (Lipinski definition) is 5. The highest BCUT2D eigenvalue weighted by molar-refractivity contribution is 5.34. The summed E-state index contributed by atoms with van der Waals surface area (Å²) in [7, 11) is 0. The zero-order chi connectivity index (χ0) is 27.0. The number of aromatic nitrogens is 1. The third-order valence-corrected chi connectivity index (χ3v) is 6.50. The van der Waals surface area contributed by atoms with Crippen molar-refractivity contribution in [3.8, 4) is 5.75 Å². The highest BCUT2D eigenvalue weighted by Crippen LogP contribution is 2.29. The summed E-state index contributed by atoms with van der Waals surface area (Å²) in [6.45, 7) is 1.76. The summed E-state index contributed by atoms with van der Waals surface area (Å²) in [5, 5.41) is 0. The second-order valence-electron chi connectivity index (χ2n) is 9.16. The summed E-state index contributed by atoms with van der Waals surface area (Å²) in [5.41, 5.74) is 3.89. The molecule has 196 valence electrons. The first-order chi connectivity index (χ1) is 19.1. The van der Waals surface area contributed by atoms with Gasteiger partial charge in [-0.25, -0.2) is 5.90 Å². The van der Waals surface area contributed by atoms with E-state index in [1.807, 2.05) is 121 Å². The lowest BCUT2D eigenvalue weighted by atomic mass is 10.0. The fourth-order valence-corrected chi connectivity index (χ4v) is 4.45. The monoisotopic (exact) mass is 518 g/mol. The molecule has 0 spiro atoms. The molecule has 2 N–H and O–H groups in total. The van der Waals surface area contributed by atoms with Gasteiger partial charge in [0, 0.05) is 6.07 Å². The van der Waals surface area contributed by atoms with Crippen LogP contribution in [0.15, 0.2) is 138 Å². The molecule has 0 fully saturated rings. The number of ether oxygens (including phenoxy) is 1. The number of nitrogens with zero attached hydrogens (tertiary/aromatic N) is 1. The molecule has 0 aliphatic carbocycles. The second kappa shape index (κ2) is 12.3. The van der Waals surface area contributed by atoms with E-state index in [9.17, 15) is 4.79 Å². The molecule has 0 aliphatic rings. The van der Waals surface area contributed by atoms with Crippen LogP contribution in [-0.4, -0.2) is 4.73 Å². The Bertz CT molecular complexity index is 1450. The fraction of sp³-hybridized carbons (Fsp3) is 0.121. The van der Waals surface area contributed by atoms with E-state index in [0.717, 1.165) is 22.3 Å². The molecule has 4 aromatic carbocycles. The Kier molecular flexibility index (Phi) is 8.17. The number of pyridine rings is 1. The van der Waals surface area contributed by atoms with Gasteiger partial charge in [-0.05, 0) is 29.2 Å². The molecular weight excluding hydrogens is 488 g/mol. The molecule has 0 aliphatic heterocycles. The van der Waals surface area contributed by atoms with Gasteiger partial charge in [0.05, 0.1) is 11.9 Å². The van der Waals surface area contributed by atoms with Crippen LogP contribution in [0.1, 0.15) is 53.2 Å². The maximum absolute atomic E-state index is 13.3. The third-order valence-electron chi connectivity index (χ3n) is 6.50. The molecule has 1 aromatic heterocycles. The first kappa shape index (κ1) is 26.0. The summed E-state index contributed by atoms with van der Waals surface area (Å²) >= 11 is 0. The van der Waals surface area contributed by atoms with Crippen molar-refractivity contribution in [2.75, 3.05) is 0 Å². The van der Waals surface area contributed by atoms with Crippen LogP contribution in [0.4, 0.5) is 0 Å². The summed E-state index contributed by atoms with van der Waals surface area (Å²) in [5.74, 6) is 5.68. The largest absolute Gasteiger partial charge is 0.475 e. The Hall–Kier alpha value is -4.65. The minimum Gasteiger partial charge on any atom is -0.475 e. The van der Waals surface area contributed by atoms with Crippen LogP contribution in [0.2, 0.25) is 0 Å². The molecule has 6 nitrogen and oxygen atoms in total. The van der Waals surface area contributed by atoms with E-state index in [1.54, 1.807) is 13.1 Å². The average molecular weight is 519 g/mol. The van der Waals surface area contributed by atoms with Crippen LogP contribution in [0.25, 0.3) is 0 Å². The molecule has 1 heterocycles. The normalized spacial score (nSPS) is 11.9. The van der Waals surface area contributed by atoms with Crippen molar-refractivity contribution in [2.45, 2.75) is 25.2 Å². The van der Waals surface area contributed by atoms with E-state index < -0.39 is 18.3 Å². The summed E-state index contributed by atoms with van der Waals surface area (Å²) in [6.07, 6.45) is -0.00423. The first-order valence-electron chi connectivity index (χ1n) is 12.8. The fourth-order valence-electron chi connectivity index (χ4n) is 4.45. The zero-order valence-electron chi connectivity index (χ0n) is 21.6. The number of hydrogen-bond donors (Lipinski definition) is 1. The summed E-state index contributed by atoms with van der Waals surface area (Å²) in [6, 6.07) is 40.8. The third kappa shape index (κ3) is 6.09. The van der Waals surface area contributed by atoms with E-state index in [4.69, 9.17) is 20.3 Å². The first-order valence-corrected chi connectivity index (χ1v) is 12.8. The molecule has 0 radical (unpaired) electrons. The van der Waals surface area contributed by atoms with Crippen LogP contribution < -0.4 is 20.9 Å². The minimum atomic E-state index is -0.613. The zero-order valence-corrected chi connectivity index (χ0v) is 21.6. The number of rotatable bonds is 10. The highest BCUT2D eigenvalue weighted by Gasteiger charge is 2.23. The van der Waals surface area contributed by atoms with E-state index in [2.05, 4.69) is 0 Å². The van der Waals surface area contributed by atoms with Crippen molar-refractivity contribution in [3.05, 3.63) is 172 Å². The standard InChI is InChI=1S/C33H30N2O4/c1-24(38-34)29-22-30(36)31(37-32(25-14-6-2-7-15-25)26-16-8-3-9-17-26)23-35(29)39-33(27-18-10-4-11-19-27)28-20-12-5-13-21-28/h2-24,32-33H,34H2,1H3. The predicted molar refractivity (Wildman–Crippen MR) is 151 cm³/mol. The molecule has 5 aromatic rings. The maximum atomic E-state index is 13.3. The molecule has 1 atom stereocenters. The molecule has 1 unspecified atom stereocenters. The quantitative estimate of drug-likeness (QED) is 0.223. The van der Waals surface area contributed by atoms with Gasteiger partial charge in [-0.15, -0.1) is 0 Å². The smallest absolute Gasteiger partial charge is 0.224 e. The van der Waals surface area contributed by atoms with Crippen LogP contribution in [0, 0.1) is 0 Å². The van der Waals surface area contributed by atoms with E-state index in [-0.39, 0.29) is 11.2 Å². The lowest BCUT2D eigenvalue weighted by Crippen LogP contribution is -2.27. The predicted octanol–water partition coefficient (Wildman–Crippen LogP) is 6.19. The summed E-state index contributed by atoms with van der Waals surface area (Å²) < 4.78 is 7.97. The van der Waals surface area contributed by atoms with Gasteiger partial charge < -0.3 is 9.57 Å². The van der Waals surface area contributed by atoms with Crippen LogP contribution in [-0.2, 0) is 4.84 Å². The molecule has 6 heteroatoms. The Morgan fingerprint density at radius 1 is 0.641 bits per heavy atom. The highest BCUT2D eigenvalue weighted by atomic mass is 16.7. The Balaban J connectivity index is 1.59. The van der Waals surface area contributed by atoms with Gasteiger partial charge in [-0.1, -0.05) is 121 Å². The van der Waals surface area contributed by atoms with Gasteiger partial charge in [0.2, 0.25) is 5.43 Å². The molecule has 39 heavy (non-hydrogen) atoms. The van der Waals surface area contributed by atoms with Crippen molar-refractivity contribution in [1.29, 1.82) is 0 Å². The van der Waals surface area contributed by atoms with E-state index >= 15 is 0 Å². The van der Waals surface area contributed by atoms with Gasteiger partial charge in [0.25, 0.3) is 0 Å². The van der Waals surface area contributed by atoms with Crippen LogP contribution in [0.3, 0.4) is 0 Å². The van der Waals surface area contributed by atoms with Crippen LogP contribution in [0.5, 0.6) is 5.75 Å². The molecule has 0 saturated heterocycles. The van der Waals surface area contributed by atoms with Gasteiger partial charge >= 0.3 is 0 Å². The van der Waals surface area contributed by atoms with Crippen molar-refractivity contribution in [3.63, 3.8) is 0 Å². The summed E-state index contributed by atoms with van der Waals surface area (Å²) in [4.78, 5) is 25.0. The van der Waals surface area contributed by atoms with E-state index in [1.165, 1.54) is 10.8 Å². The molecular formula is C33H30N2O4. The maximum Gasteiger partial charge on any atom is 0.224 e. The van der Waals surface area contributed by atoms with Crippen molar-refractivity contribution in [2.24, 2.45) is 5.90 Å². The topological polar surface area (TPSA) is 75.7 Å². The van der Waals surface area contributed by atoms with Crippen molar-refractivity contribution >= 4 is 0 Å². The van der Waals surface area contributed by atoms with Crippen molar-refractivity contribution < 1.29 is 14.4 Å². The van der Waals surface area contributed by atoms with Gasteiger partial charge in [0.15, 0.2) is 11.9 Å². The Morgan fingerprint density at radius 2 is 1.05 bits per heavy atom. The van der Waals surface area contributed by atoms with E-state index in [0.29, 0.717) is 5.69 Å². The average Bonchev–Trinajstić information content (AvgIpc) is 3.01. The molecule has 0 saturated carbocycles. The van der Waals surface area contributed by atoms with Crippen LogP contribution >= 0.6 is 0 Å². The molecule has 5 rings (SSSR count). The lowest BCUT2D eigenvalue weighted by Gasteiger charge is -2.26. The SMILES string of the molecule is CC(ON)c1cc(=O)c(OC(c2ccccc2)c2ccccc2)cn1OC(c1ccccc1)c1ccccc1. The Labute approximate surface area is 227 Å². The van der Waals surface area contributed by atoms with Gasteiger partial charge in [-0.3, -0.25) is 9.63 Å². The molecule has 0 bridgehead atoms.